The first-order valence-corrected chi connectivity index (χ1v) is 7.64. The average Bonchev–Trinajstić information content (AvgIpc) is 2.91. The van der Waals surface area contributed by atoms with Gasteiger partial charge in [0, 0.05) is 26.3 Å². The van der Waals surface area contributed by atoms with Crippen LogP contribution in [0.25, 0.3) is 0 Å². The third-order valence-electron chi connectivity index (χ3n) is 4.60. The third kappa shape index (κ3) is 3.69. The number of rotatable bonds is 8. The van der Waals surface area contributed by atoms with Crippen LogP contribution in [-0.2, 0) is 9.47 Å². The van der Waals surface area contributed by atoms with Crippen LogP contribution in [0, 0.1) is 17.8 Å². The molecule has 2 rings (SSSR count). The van der Waals surface area contributed by atoms with E-state index in [0.29, 0.717) is 0 Å². The summed E-state index contributed by atoms with van der Waals surface area (Å²) < 4.78 is 11.2. The van der Waals surface area contributed by atoms with E-state index in [4.69, 9.17) is 9.47 Å². The number of hydrogen-bond acceptors (Lipinski definition) is 3. The maximum Gasteiger partial charge on any atom is 0.170 e. The minimum atomic E-state index is -0.0522. The number of hydrogen-bond donors (Lipinski definition) is 0. The van der Waals surface area contributed by atoms with Gasteiger partial charge in [-0.2, -0.15) is 0 Å². The molecule has 2 aliphatic carbocycles. The maximum absolute atomic E-state index is 5.62. The van der Waals surface area contributed by atoms with Gasteiger partial charge in [0.25, 0.3) is 0 Å². The molecule has 3 heteroatoms. The first kappa shape index (κ1) is 14.3. The molecule has 2 aliphatic rings. The van der Waals surface area contributed by atoms with Gasteiger partial charge in [0.05, 0.1) is 0 Å². The third-order valence-corrected chi connectivity index (χ3v) is 4.60. The van der Waals surface area contributed by atoms with E-state index in [0.717, 1.165) is 37.5 Å². The average molecular weight is 255 g/mol. The van der Waals surface area contributed by atoms with Gasteiger partial charge < -0.3 is 14.4 Å². The molecule has 106 valence electrons. The predicted octanol–water partition coefficient (Wildman–Crippen LogP) is 2.75. The van der Waals surface area contributed by atoms with Crippen LogP contribution in [0.2, 0.25) is 0 Å². The lowest BCUT2D eigenvalue weighted by molar-refractivity contribution is -0.146. The molecule has 0 aromatic carbocycles. The lowest BCUT2D eigenvalue weighted by atomic mass is 9.88. The normalized spacial score (nSPS) is 30.8. The van der Waals surface area contributed by atoms with Gasteiger partial charge in [0.2, 0.25) is 0 Å². The van der Waals surface area contributed by atoms with Crippen LogP contribution in [0.5, 0.6) is 0 Å². The van der Waals surface area contributed by atoms with Gasteiger partial charge in [-0.05, 0) is 57.9 Å². The molecule has 0 aromatic heterocycles. The Morgan fingerprint density at radius 3 is 2.33 bits per heavy atom. The number of fused-ring (bicyclic) bond motifs is 2. The quantitative estimate of drug-likeness (QED) is 0.623. The largest absolute Gasteiger partial charge is 0.352 e. The molecule has 0 N–H and O–H groups in total. The van der Waals surface area contributed by atoms with Gasteiger partial charge in [-0.1, -0.05) is 6.42 Å². The number of ether oxygens (including phenoxy) is 2. The fourth-order valence-corrected chi connectivity index (χ4v) is 3.85. The Balaban J connectivity index is 1.71. The van der Waals surface area contributed by atoms with Crippen molar-refractivity contribution < 1.29 is 9.47 Å². The molecule has 3 atom stereocenters. The molecule has 0 aromatic rings. The van der Waals surface area contributed by atoms with Crippen molar-refractivity contribution >= 4 is 0 Å². The van der Waals surface area contributed by atoms with Crippen LogP contribution in [0.1, 0.15) is 39.5 Å². The lowest BCUT2D eigenvalue weighted by Crippen LogP contribution is -2.37. The van der Waals surface area contributed by atoms with Crippen molar-refractivity contribution in [1.82, 2.24) is 4.90 Å². The van der Waals surface area contributed by atoms with E-state index in [1.165, 1.54) is 32.2 Å². The lowest BCUT2D eigenvalue weighted by Gasteiger charge is -2.29. The van der Waals surface area contributed by atoms with E-state index < -0.39 is 0 Å². The minimum Gasteiger partial charge on any atom is -0.352 e. The van der Waals surface area contributed by atoms with Crippen LogP contribution >= 0.6 is 0 Å². The molecule has 0 aliphatic heterocycles. The Morgan fingerprint density at radius 2 is 1.83 bits per heavy atom. The highest BCUT2D eigenvalue weighted by Crippen LogP contribution is 2.48. The Morgan fingerprint density at radius 1 is 1.11 bits per heavy atom. The molecule has 0 amide bonds. The van der Waals surface area contributed by atoms with Gasteiger partial charge in [0.15, 0.2) is 6.29 Å². The van der Waals surface area contributed by atoms with Crippen LogP contribution in [0.15, 0.2) is 0 Å². The van der Waals surface area contributed by atoms with Crippen molar-refractivity contribution in [1.29, 1.82) is 0 Å². The second-order valence-electron chi connectivity index (χ2n) is 6.00. The summed E-state index contributed by atoms with van der Waals surface area (Å²) >= 11 is 0. The first-order chi connectivity index (χ1) is 8.72. The highest BCUT2D eigenvalue weighted by Gasteiger charge is 2.39. The van der Waals surface area contributed by atoms with Crippen molar-refractivity contribution in [2.75, 3.05) is 33.4 Å². The van der Waals surface area contributed by atoms with E-state index in [9.17, 15) is 0 Å². The molecule has 0 heterocycles. The fraction of sp³-hybridized carbons (Fsp3) is 1.00. The smallest absolute Gasteiger partial charge is 0.170 e. The van der Waals surface area contributed by atoms with Gasteiger partial charge in [-0.25, -0.2) is 0 Å². The zero-order chi connectivity index (χ0) is 13.0. The van der Waals surface area contributed by atoms with Crippen molar-refractivity contribution in [2.24, 2.45) is 17.8 Å². The van der Waals surface area contributed by atoms with Gasteiger partial charge in [0.1, 0.15) is 0 Å². The molecular weight excluding hydrogens is 226 g/mol. The van der Waals surface area contributed by atoms with Crippen LogP contribution < -0.4 is 0 Å². The highest BCUT2D eigenvalue weighted by atomic mass is 16.7. The molecular formula is C15H29NO2. The van der Waals surface area contributed by atoms with Gasteiger partial charge >= 0.3 is 0 Å². The summed E-state index contributed by atoms with van der Waals surface area (Å²) in [4.78, 5) is 2.40. The summed E-state index contributed by atoms with van der Waals surface area (Å²) in [5.41, 5.74) is 0. The molecule has 0 radical (unpaired) electrons. The van der Waals surface area contributed by atoms with Crippen molar-refractivity contribution in [3.63, 3.8) is 0 Å². The highest BCUT2D eigenvalue weighted by molar-refractivity contribution is 4.90. The van der Waals surface area contributed by atoms with E-state index in [2.05, 4.69) is 11.9 Å². The standard InChI is InChI=1S/C15H29NO2/c1-4-17-15(18-5-2)11-16(3)10-14-9-12-6-7-13(14)8-12/h12-15H,4-11H2,1-3H3. The summed E-state index contributed by atoms with van der Waals surface area (Å²) in [7, 11) is 2.21. The number of nitrogens with zero attached hydrogens (tertiary/aromatic N) is 1. The van der Waals surface area contributed by atoms with Gasteiger partial charge in [-0.3, -0.25) is 0 Å². The zero-order valence-corrected chi connectivity index (χ0v) is 12.2. The summed E-state index contributed by atoms with van der Waals surface area (Å²) in [5, 5.41) is 0. The minimum absolute atomic E-state index is 0.0522. The second-order valence-corrected chi connectivity index (χ2v) is 6.00. The predicted molar refractivity (Wildman–Crippen MR) is 73.5 cm³/mol. The van der Waals surface area contributed by atoms with E-state index in [1.54, 1.807) is 0 Å². The molecule has 3 nitrogen and oxygen atoms in total. The monoisotopic (exact) mass is 255 g/mol. The van der Waals surface area contributed by atoms with Crippen LogP contribution in [0.4, 0.5) is 0 Å². The van der Waals surface area contributed by atoms with E-state index >= 15 is 0 Å². The van der Waals surface area contributed by atoms with Crippen LogP contribution in [-0.4, -0.2) is 44.5 Å². The van der Waals surface area contributed by atoms with Crippen LogP contribution in [0.3, 0.4) is 0 Å². The molecule has 3 unspecified atom stereocenters. The van der Waals surface area contributed by atoms with E-state index in [-0.39, 0.29) is 6.29 Å². The van der Waals surface area contributed by atoms with Gasteiger partial charge in [-0.15, -0.1) is 0 Å². The fourth-order valence-electron chi connectivity index (χ4n) is 3.85. The zero-order valence-electron chi connectivity index (χ0n) is 12.2. The molecule has 0 spiro atoms. The molecule has 18 heavy (non-hydrogen) atoms. The maximum atomic E-state index is 5.62. The summed E-state index contributed by atoms with van der Waals surface area (Å²) in [5.74, 6) is 2.98. The Hall–Kier alpha value is -0.120. The van der Waals surface area contributed by atoms with Crippen molar-refractivity contribution in [3.05, 3.63) is 0 Å². The molecule has 2 saturated carbocycles. The number of likely N-dealkylation sites (N-methyl/N-ethyl adjacent to an activating group) is 1. The Kier molecular flexibility index (Phi) is 5.46. The Bertz CT molecular complexity index is 241. The van der Waals surface area contributed by atoms with Crippen molar-refractivity contribution in [3.8, 4) is 0 Å². The summed E-state index contributed by atoms with van der Waals surface area (Å²) in [6.07, 6.45) is 5.88. The van der Waals surface area contributed by atoms with E-state index in [1.807, 2.05) is 13.8 Å². The second kappa shape index (κ2) is 6.88. The summed E-state index contributed by atoms with van der Waals surface area (Å²) in [6.45, 7) is 7.64. The molecule has 2 bridgehead atoms. The SMILES string of the molecule is CCOC(CN(C)CC1CC2CCC1C2)OCC. The molecule has 2 fully saturated rings. The first-order valence-electron chi connectivity index (χ1n) is 7.64. The summed E-state index contributed by atoms with van der Waals surface area (Å²) in [6, 6.07) is 0. The molecule has 0 saturated heterocycles. The van der Waals surface area contributed by atoms with Crippen molar-refractivity contribution in [2.45, 2.75) is 45.8 Å². The Labute approximate surface area is 112 Å². The topological polar surface area (TPSA) is 21.7 Å².